The molecule has 8 nitrogen and oxygen atoms in total. The van der Waals surface area contributed by atoms with Crippen LogP contribution in [-0.4, -0.2) is 65.8 Å². The summed E-state index contributed by atoms with van der Waals surface area (Å²) in [5, 5.41) is 20.0. The van der Waals surface area contributed by atoms with Gasteiger partial charge in [-0.1, -0.05) is 5.16 Å². The summed E-state index contributed by atoms with van der Waals surface area (Å²) in [6, 6.07) is 1.56. The number of likely N-dealkylation sites (tertiary alicyclic amines) is 1. The lowest BCUT2D eigenvalue weighted by Crippen LogP contribution is -2.53. The highest BCUT2D eigenvalue weighted by atomic mass is 16.5. The van der Waals surface area contributed by atoms with E-state index in [9.17, 15) is 14.7 Å². The normalized spacial score (nSPS) is 26.2. The average Bonchev–Trinajstić information content (AvgIpc) is 3.45. The Morgan fingerprint density at radius 3 is 2.75 bits per heavy atom. The molecule has 0 radical (unpaired) electrons. The Labute approximate surface area is 165 Å². The third kappa shape index (κ3) is 4.55. The fourth-order valence-electron chi connectivity index (χ4n) is 4.29. The zero-order valence-electron chi connectivity index (χ0n) is 16.2. The molecule has 0 spiro atoms. The highest BCUT2D eigenvalue weighted by molar-refractivity contribution is 5.92. The highest BCUT2D eigenvalue weighted by Crippen LogP contribution is 2.40. The van der Waals surface area contributed by atoms with Crippen molar-refractivity contribution in [3.05, 3.63) is 17.5 Å². The van der Waals surface area contributed by atoms with Crippen molar-refractivity contribution in [2.45, 2.75) is 50.5 Å². The summed E-state index contributed by atoms with van der Waals surface area (Å²) >= 11 is 0. The zero-order valence-corrected chi connectivity index (χ0v) is 16.2. The molecule has 1 aliphatic carbocycles. The van der Waals surface area contributed by atoms with E-state index < -0.39 is 0 Å². The Hall–Kier alpha value is -1.93. The van der Waals surface area contributed by atoms with Gasteiger partial charge in [-0.2, -0.15) is 0 Å². The largest absolute Gasteiger partial charge is 0.396 e. The first-order valence-corrected chi connectivity index (χ1v) is 10.5. The second-order valence-corrected chi connectivity index (χ2v) is 8.44. The fourth-order valence-corrected chi connectivity index (χ4v) is 4.29. The van der Waals surface area contributed by atoms with Gasteiger partial charge in [0.25, 0.3) is 5.91 Å². The fraction of sp³-hybridized carbons (Fsp3) is 0.750. The van der Waals surface area contributed by atoms with Gasteiger partial charge in [-0.05, 0) is 51.1 Å². The number of nitrogens with zero attached hydrogens (tertiary/aromatic N) is 2. The summed E-state index contributed by atoms with van der Waals surface area (Å²) in [7, 11) is 0. The molecule has 0 unspecified atom stereocenters. The molecule has 1 aromatic rings. The van der Waals surface area contributed by atoms with Gasteiger partial charge in [0.15, 0.2) is 5.69 Å². The summed E-state index contributed by atoms with van der Waals surface area (Å²) in [6.07, 6.45) is 5.49. The van der Waals surface area contributed by atoms with E-state index in [1.165, 1.54) is 0 Å². The maximum atomic E-state index is 12.7. The summed E-state index contributed by atoms with van der Waals surface area (Å²) in [5.41, 5.74) is 0.294. The van der Waals surface area contributed by atoms with Gasteiger partial charge in [-0.15, -0.1) is 0 Å². The van der Waals surface area contributed by atoms with Crippen molar-refractivity contribution in [2.24, 2.45) is 11.8 Å². The molecule has 3 N–H and O–H groups in total. The monoisotopic (exact) mass is 390 g/mol. The van der Waals surface area contributed by atoms with Gasteiger partial charge in [0, 0.05) is 50.1 Å². The van der Waals surface area contributed by atoms with Crippen LogP contribution in [0.25, 0.3) is 0 Å². The van der Waals surface area contributed by atoms with Crippen LogP contribution in [0, 0.1) is 11.8 Å². The second kappa shape index (κ2) is 8.61. The number of aliphatic hydroxyl groups is 1. The van der Waals surface area contributed by atoms with Crippen LogP contribution in [-0.2, 0) is 4.79 Å². The Morgan fingerprint density at radius 2 is 2.04 bits per heavy atom. The predicted molar refractivity (Wildman–Crippen MR) is 102 cm³/mol. The van der Waals surface area contributed by atoms with Crippen molar-refractivity contribution in [1.29, 1.82) is 0 Å². The second-order valence-electron chi connectivity index (χ2n) is 8.44. The molecule has 0 aromatic carbocycles. The van der Waals surface area contributed by atoms with E-state index in [1.807, 2.05) is 4.90 Å². The lowest BCUT2D eigenvalue weighted by Gasteiger charge is -2.38. The quantitative estimate of drug-likeness (QED) is 0.666. The van der Waals surface area contributed by atoms with Crippen LogP contribution in [0.4, 0.5) is 0 Å². The van der Waals surface area contributed by atoms with Crippen molar-refractivity contribution >= 4 is 11.8 Å². The minimum Gasteiger partial charge on any atom is -0.396 e. The van der Waals surface area contributed by atoms with Gasteiger partial charge >= 0.3 is 0 Å². The van der Waals surface area contributed by atoms with E-state index in [-0.39, 0.29) is 30.4 Å². The molecule has 1 saturated carbocycles. The molecule has 2 atom stereocenters. The number of hydrogen-bond donors (Lipinski definition) is 3. The van der Waals surface area contributed by atoms with Gasteiger partial charge in [0.05, 0.1) is 0 Å². The van der Waals surface area contributed by atoms with Crippen LogP contribution in [0.2, 0.25) is 0 Å². The molecular weight excluding hydrogens is 360 g/mol. The number of hydrogen-bond acceptors (Lipinski definition) is 6. The molecule has 3 fully saturated rings. The van der Waals surface area contributed by atoms with Crippen molar-refractivity contribution < 1.29 is 19.2 Å². The van der Waals surface area contributed by atoms with E-state index in [4.69, 9.17) is 4.52 Å². The molecule has 8 heteroatoms. The molecule has 1 aromatic heterocycles. The molecular formula is C20H30N4O4. The number of piperidine rings is 2. The van der Waals surface area contributed by atoms with Crippen LogP contribution in [0.15, 0.2) is 10.6 Å². The minimum atomic E-state index is -0.270. The van der Waals surface area contributed by atoms with Crippen molar-refractivity contribution in [2.75, 3.05) is 32.8 Å². The van der Waals surface area contributed by atoms with E-state index in [0.29, 0.717) is 43.5 Å². The zero-order chi connectivity index (χ0) is 19.5. The SMILES string of the molecule is O=C(N[C@@H]1CCN(C(=O)CC2CCNCC2)C[C@H]1CO)c1cc(C2CC2)on1. The number of aliphatic hydroxyl groups excluding tert-OH is 1. The molecule has 2 aliphatic heterocycles. The first-order valence-electron chi connectivity index (χ1n) is 10.5. The van der Waals surface area contributed by atoms with Gasteiger partial charge in [0.1, 0.15) is 5.76 Å². The van der Waals surface area contributed by atoms with Crippen molar-refractivity contribution in [3.8, 4) is 0 Å². The minimum absolute atomic E-state index is 0.0613. The standard InChI is InChI=1S/C20H30N4O4/c25-12-15-11-24(19(26)9-13-3-6-21-7-4-13)8-5-16(15)22-20(27)17-10-18(28-23-17)14-1-2-14/h10,13-16,21,25H,1-9,11-12H2,(H,22,27)/t15-,16+/m0/s1. The third-order valence-electron chi connectivity index (χ3n) is 6.30. The Balaban J connectivity index is 1.29. The molecule has 0 bridgehead atoms. The summed E-state index contributed by atoms with van der Waals surface area (Å²) in [6.45, 7) is 2.99. The average molecular weight is 390 g/mol. The summed E-state index contributed by atoms with van der Waals surface area (Å²) < 4.78 is 5.26. The van der Waals surface area contributed by atoms with Crippen LogP contribution in [0.1, 0.15) is 60.7 Å². The Morgan fingerprint density at radius 1 is 1.25 bits per heavy atom. The van der Waals surface area contributed by atoms with Crippen LogP contribution in [0.5, 0.6) is 0 Å². The molecule has 28 heavy (non-hydrogen) atoms. The van der Waals surface area contributed by atoms with Crippen LogP contribution in [0.3, 0.4) is 0 Å². The summed E-state index contributed by atoms with van der Waals surface area (Å²) in [5.74, 6) is 1.38. The lowest BCUT2D eigenvalue weighted by molar-refractivity contribution is -0.134. The van der Waals surface area contributed by atoms with E-state index in [0.717, 1.165) is 44.5 Å². The smallest absolute Gasteiger partial charge is 0.273 e. The Kier molecular flexibility index (Phi) is 5.96. The van der Waals surface area contributed by atoms with E-state index in [2.05, 4.69) is 15.8 Å². The number of carbonyl (C=O) groups is 2. The van der Waals surface area contributed by atoms with Gasteiger partial charge < -0.3 is 25.2 Å². The van der Waals surface area contributed by atoms with Crippen molar-refractivity contribution in [1.82, 2.24) is 20.7 Å². The number of nitrogens with one attached hydrogen (secondary N) is 2. The number of aromatic nitrogens is 1. The molecule has 3 heterocycles. The first-order chi connectivity index (χ1) is 13.6. The van der Waals surface area contributed by atoms with Crippen LogP contribution >= 0.6 is 0 Å². The first kappa shape index (κ1) is 19.4. The topological polar surface area (TPSA) is 108 Å². The maximum Gasteiger partial charge on any atom is 0.273 e. The van der Waals surface area contributed by atoms with Gasteiger partial charge in [-0.25, -0.2) is 0 Å². The number of rotatable bonds is 6. The predicted octanol–water partition coefficient (Wildman–Crippen LogP) is 0.881. The van der Waals surface area contributed by atoms with Gasteiger partial charge in [0.2, 0.25) is 5.91 Å². The maximum absolute atomic E-state index is 12.7. The van der Waals surface area contributed by atoms with E-state index >= 15 is 0 Å². The van der Waals surface area contributed by atoms with Crippen molar-refractivity contribution in [3.63, 3.8) is 0 Å². The molecule has 4 rings (SSSR count). The Bertz CT molecular complexity index is 696. The third-order valence-corrected chi connectivity index (χ3v) is 6.30. The molecule has 2 saturated heterocycles. The molecule has 154 valence electrons. The molecule has 3 aliphatic rings. The van der Waals surface area contributed by atoms with E-state index in [1.54, 1.807) is 6.07 Å². The molecule has 2 amide bonds. The number of carbonyl (C=O) groups excluding carboxylic acids is 2. The summed E-state index contributed by atoms with van der Waals surface area (Å²) in [4.78, 5) is 27.0. The van der Waals surface area contributed by atoms with Gasteiger partial charge in [-0.3, -0.25) is 9.59 Å². The number of amides is 2. The lowest BCUT2D eigenvalue weighted by atomic mass is 9.90. The highest BCUT2D eigenvalue weighted by Gasteiger charge is 2.34. The van der Waals surface area contributed by atoms with Crippen LogP contribution < -0.4 is 10.6 Å².